The van der Waals surface area contributed by atoms with Crippen LogP contribution >= 0.6 is 0 Å². The predicted octanol–water partition coefficient (Wildman–Crippen LogP) is 14.1. The van der Waals surface area contributed by atoms with Crippen LogP contribution in [-0.2, 0) is 0 Å². The minimum atomic E-state index is 0.368. The minimum absolute atomic E-state index is 0.368. The third kappa shape index (κ3) is 5.48. The quantitative estimate of drug-likeness (QED) is 0.153. The molecule has 9 aromatic carbocycles. The molecule has 258 valence electrons. The van der Waals surface area contributed by atoms with E-state index in [4.69, 9.17) is 0 Å². The van der Waals surface area contributed by atoms with Crippen molar-refractivity contribution in [3.8, 4) is 27.9 Å². The Balaban J connectivity index is 1.04. The molecule has 0 aliphatic heterocycles. The smallest absolute Gasteiger partial charge is 0.0602 e. The maximum absolute atomic E-state index is 2.39. The molecule has 0 N–H and O–H groups in total. The van der Waals surface area contributed by atoms with Crippen LogP contribution in [0, 0.1) is 0 Å². The monoisotopic (exact) mass is 766 g/mol. The van der Waals surface area contributed by atoms with E-state index in [-0.39, 0.29) is 0 Å². The Kier molecular flexibility index (Phi) is 7.55. The van der Waals surface area contributed by atoms with Gasteiger partial charge < -0.3 is 4.57 Å². The van der Waals surface area contributed by atoms with Crippen LogP contribution in [0.25, 0.3) is 79.8 Å². The van der Waals surface area contributed by atoms with Gasteiger partial charge in [0.1, 0.15) is 0 Å². The number of nitrogens with zero attached hydrogens (tertiary/aromatic N) is 2. The van der Waals surface area contributed by atoms with Gasteiger partial charge in [-0.25, -0.2) is 0 Å². The molecule has 0 amide bonds. The number of hydrogen-bond donors (Lipinski definition) is 0. The molecule has 0 aliphatic rings. The molecule has 0 saturated carbocycles. The summed E-state index contributed by atoms with van der Waals surface area (Å²) in [6.07, 6.45) is 0. The SMILES string of the molecule is c1ccc(-n2c3ccccc3c3cc(N(c4ccc(-c5ccc6ccccc6c5)cc4)c4ccc(-c5ccc6[se]c7ccccc7c6c5)cc4)ccc32)cc1. The molecule has 0 fully saturated rings. The molecule has 55 heavy (non-hydrogen) atoms. The van der Waals surface area contributed by atoms with Crippen molar-refractivity contribution in [2.24, 2.45) is 0 Å². The molecule has 2 aromatic heterocycles. The fourth-order valence-corrected chi connectivity index (χ4v) is 10.6. The Labute approximate surface area is 325 Å². The summed E-state index contributed by atoms with van der Waals surface area (Å²) in [4.78, 5) is 2.39. The molecule has 0 bridgehead atoms. The van der Waals surface area contributed by atoms with E-state index in [9.17, 15) is 0 Å². The average Bonchev–Trinajstić information content (AvgIpc) is 3.80. The summed E-state index contributed by atoms with van der Waals surface area (Å²) in [5.74, 6) is 0. The summed E-state index contributed by atoms with van der Waals surface area (Å²) in [6, 6.07) is 75.6. The van der Waals surface area contributed by atoms with E-state index >= 15 is 0 Å². The second kappa shape index (κ2) is 13.0. The Morgan fingerprint density at radius 1 is 0.327 bits per heavy atom. The summed E-state index contributed by atoms with van der Waals surface area (Å²) in [5, 5.41) is 7.75. The molecule has 2 heterocycles. The zero-order chi connectivity index (χ0) is 36.3. The number of benzene rings is 9. The second-order valence-electron chi connectivity index (χ2n) is 14.2. The molecule has 0 radical (unpaired) electrons. The van der Waals surface area contributed by atoms with Gasteiger partial charge >= 0.3 is 181 Å². The summed E-state index contributed by atoms with van der Waals surface area (Å²) < 4.78 is 5.32. The normalized spacial score (nSPS) is 11.6. The Hall–Kier alpha value is -6.64. The van der Waals surface area contributed by atoms with Crippen molar-refractivity contribution in [1.82, 2.24) is 4.57 Å². The summed E-state index contributed by atoms with van der Waals surface area (Å²) in [6.45, 7) is 0. The summed E-state index contributed by atoms with van der Waals surface area (Å²) in [7, 11) is 0. The molecule has 0 aliphatic carbocycles. The first-order chi connectivity index (χ1) is 27.2. The van der Waals surface area contributed by atoms with Crippen molar-refractivity contribution in [3.05, 3.63) is 206 Å². The van der Waals surface area contributed by atoms with Crippen molar-refractivity contribution < 1.29 is 0 Å². The number of para-hydroxylation sites is 2. The second-order valence-corrected chi connectivity index (χ2v) is 16.5. The first-order valence-electron chi connectivity index (χ1n) is 18.7. The van der Waals surface area contributed by atoms with Gasteiger partial charge in [0, 0.05) is 11.1 Å². The third-order valence-electron chi connectivity index (χ3n) is 11.0. The molecular formula is C52H34N2Se. The first kappa shape index (κ1) is 31.8. The van der Waals surface area contributed by atoms with Gasteiger partial charge in [-0.3, -0.25) is 0 Å². The fourth-order valence-electron chi connectivity index (χ4n) is 8.28. The van der Waals surface area contributed by atoms with Gasteiger partial charge in [0.25, 0.3) is 0 Å². The third-order valence-corrected chi connectivity index (χ3v) is 13.4. The van der Waals surface area contributed by atoms with Crippen LogP contribution < -0.4 is 4.90 Å². The average molecular weight is 766 g/mol. The summed E-state index contributed by atoms with van der Waals surface area (Å²) >= 11 is 0.368. The van der Waals surface area contributed by atoms with Gasteiger partial charge in [-0.1, -0.05) is 72.8 Å². The van der Waals surface area contributed by atoms with E-state index in [0.29, 0.717) is 14.5 Å². The van der Waals surface area contributed by atoms with Crippen molar-refractivity contribution >= 4 is 83.4 Å². The molecule has 0 unspecified atom stereocenters. The van der Waals surface area contributed by atoms with Crippen LogP contribution in [0.15, 0.2) is 206 Å². The van der Waals surface area contributed by atoms with Crippen molar-refractivity contribution in [1.29, 1.82) is 0 Å². The molecule has 0 spiro atoms. The number of anilines is 3. The Morgan fingerprint density at radius 2 is 0.891 bits per heavy atom. The van der Waals surface area contributed by atoms with E-state index in [2.05, 4.69) is 216 Å². The van der Waals surface area contributed by atoms with Gasteiger partial charge in [0.2, 0.25) is 0 Å². The van der Waals surface area contributed by atoms with Gasteiger partial charge in [-0.05, 0) is 46.2 Å². The van der Waals surface area contributed by atoms with Crippen LogP contribution in [0.2, 0.25) is 0 Å². The molecule has 0 atom stereocenters. The van der Waals surface area contributed by atoms with Crippen molar-refractivity contribution in [3.63, 3.8) is 0 Å². The maximum atomic E-state index is 2.39. The van der Waals surface area contributed by atoms with Crippen molar-refractivity contribution in [2.45, 2.75) is 0 Å². The van der Waals surface area contributed by atoms with Crippen LogP contribution in [0.4, 0.5) is 17.1 Å². The number of aromatic nitrogens is 1. The molecular weight excluding hydrogens is 732 g/mol. The number of rotatable bonds is 6. The zero-order valence-electron chi connectivity index (χ0n) is 29.9. The minimum Gasteiger partial charge on any atom is -0.0602 e. The number of hydrogen-bond acceptors (Lipinski definition) is 1. The van der Waals surface area contributed by atoms with E-state index in [0.717, 1.165) is 22.7 Å². The number of fused-ring (bicyclic) bond motifs is 7. The predicted molar refractivity (Wildman–Crippen MR) is 236 cm³/mol. The fraction of sp³-hybridized carbons (Fsp3) is 0. The van der Waals surface area contributed by atoms with Crippen molar-refractivity contribution in [2.75, 3.05) is 4.90 Å². The van der Waals surface area contributed by atoms with Gasteiger partial charge in [-0.2, -0.15) is 0 Å². The van der Waals surface area contributed by atoms with Gasteiger partial charge in [-0.15, -0.1) is 0 Å². The van der Waals surface area contributed by atoms with E-state index < -0.39 is 0 Å². The topological polar surface area (TPSA) is 8.17 Å². The van der Waals surface area contributed by atoms with Gasteiger partial charge in [0.15, 0.2) is 0 Å². The van der Waals surface area contributed by atoms with E-state index in [1.807, 2.05) is 0 Å². The standard InChI is InChI=1S/C52H34N2Se/c1-2-12-41(13-3-1)54-49-16-8-6-14-45(49)47-34-44(29-30-50(47)54)53(42-25-20-36(21-26-42)39-19-18-35-10-4-5-11-38(35)32-39)43-27-22-37(23-28-43)40-24-31-52-48(33-40)46-15-7-9-17-51(46)55-52/h1-34H. The molecule has 3 heteroatoms. The zero-order valence-corrected chi connectivity index (χ0v) is 31.6. The molecule has 11 aromatic rings. The molecule has 11 rings (SSSR count). The van der Waals surface area contributed by atoms with E-state index in [1.165, 1.54) is 74.1 Å². The van der Waals surface area contributed by atoms with Crippen LogP contribution in [0.1, 0.15) is 0 Å². The molecule has 0 saturated heterocycles. The first-order valence-corrected chi connectivity index (χ1v) is 20.5. The van der Waals surface area contributed by atoms with Crippen LogP contribution in [0.5, 0.6) is 0 Å². The van der Waals surface area contributed by atoms with E-state index in [1.54, 1.807) is 0 Å². The van der Waals surface area contributed by atoms with Gasteiger partial charge in [0.05, 0.1) is 11.0 Å². The Bertz CT molecular complexity index is 3190. The Morgan fingerprint density at radius 3 is 1.67 bits per heavy atom. The summed E-state index contributed by atoms with van der Waals surface area (Å²) in [5.41, 5.74) is 11.8. The molecule has 2 nitrogen and oxygen atoms in total. The van der Waals surface area contributed by atoms with Crippen LogP contribution in [0.3, 0.4) is 0 Å². The van der Waals surface area contributed by atoms with Crippen LogP contribution in [-0.4, -0.2) is 19.1 Å².